The Morgan fingerprint density at radius 1 is 1.37 bits per heavy atom. The Kier molecular flexibility index (Phi) is 4.02. The first kappa shape index (κ1) is 12.9. The number of hydrogen-bond donors (Lipinski definition) is 1. The van der Waals surface area contributed by atoms with Crippen molar-refractivity contribution in [1.29, 1.82) is 0 Å². The molecule has 2 aromatic heterocycles. The van der Waals surface area contributed by atoms with Gasteiger partial charge in [-0.1, -0.05) is 13.0 Å². The van der Waals surface area contributed by atoms with E-state index in [9.17, 15) is 10.1 Å². The molecule has 0 bridgehead atoms. The number of nitro groups is 1. The van der Waals surface area contributed by atoms with Crippen molar-refractivity contribution in [3.8, 4) is 11.1 Å². The van der Waals surface area contributed by atoms with Crippen LogP contribution in [-0.2, 0) is 0 Å². The predicted molar refractivity (Wildman–Crippen MR) is 72.9 cm³/mol. The van der Waals surface area contributed by atoms with Gasteiger partial charge < -0.3 is 5.32 Å². The summed E-state index contributed by atoms with van der Waals surface area (Å²) in [6.07, 6.45) is 5.80. The molecule has 6 nitrogen and oxygen atoms in total. The Bertz CT molecular complexity index is 572. The van der Waals surface area contributed by atoms with E-state index < -0.39 is 4.92 Å². The van der Waals surface area contributed by atoms with E-state index >= 15 is 0 Å². The molecule has 0 spiro atoms. The van der Waals surface area contributed by atoms with E-state index in [4.69, 9.17) is 0 Å². The number of aromatic nitrogens is 2. The number of pyridine rings is 2. The third-order valence-corrected chi connectivity index (χ3v) is 2.60. The minimum absolute atomic E-state index is 0.0187. The SMILES string of the molecule is CCCNc1ncc(-c2cccnc2)cc1[N+](=O)[O-]. The van der Waals surface area contributed by atoms with E-state index in [1.54, 1.807) is 24.7 Å². The van der Waals surface area contributed by atoms with E-state index in [0.717, 1.165) is 12.0 Å². The largest absolute Gasteiger partial charge is 0.364 e. The average molecular weight is 258 g/mol. The first-order valence-corrected chi connectivity index (χ1v) is 6.01. The van der Waals surface area contributed by atoms with Crippen LogP contribution >= 0.6 is 0 Å². The zero-order valence-corrected chi connectivity index (χ0v) is 10.5. The molecule has 0 aliphatic carbocycles. The highest BCUT2D eigenvalue weighted by Gasteiger charge is 2.16. The molecule has 0 atom stereocenters. The molecule has 0 saturated heterocycles. The lowest BCUT2D eigenvalue weighted by Gasteiger charge is -2.06. The van der Waals surface area contributed by atoms with Crippen molar-refractivity contribution in [3.05, 3.63) is 46.9 Å². The number of anilines is 1. The first-order valence-electron chi connectivity index (χ1n) is 6.01. The molecule has 0 aromatic carbocycles. The summed E-state index contributed by atoms with van der Waals surface area (Å²) in [5.74, 6) is 0.305. The molecule has 6 heteroatoms. The Balaban J connectivity index is 2.39. The fourth-order valence-corrected chi connectivity index (χ4v) is 1.66. The molecule has 0 fully saturated rings. The van der Waals surface area contributed by atoms with Crippen LogP contribution in [0.4, 0.5) is 11.5 Å². The van der Waals surface area contributed by atoms with Crippen LogP contribution < -0.4 is 5.32 Å². The van der Waals surface area contributed by atoms with Crippen molar-refractivity contribution in [2.24, 2.45) is 0 Å². The van der Waals surface area contributed by atoms with Gasteiger partial charge in [0, 0.05) is 42.3 Å². The molecule has 98 valence electrons. The minimum atomic E-state index is -0.426. The quantitative estimate of drug-likeness (QED) is 0.658. The Hall–Kier alpha value is -2.50. The highest BCUT2D eigenvalue weighted by atomic mass is 16.6. The molecule has 0 saturated carbocycles. The van der Waals surface area contributed by atoms with Crippen LogP contribution in [0, 0.1) is 10.1 Å². The van der Waals surface area contributed by atoms with Crippen LogP contribution in [0.25, 0.3) is 11.1 Å². The summed E-state index contributed by atoms with van der Waals surface area (Å²) in [5, 5.41) is 14.0. The number of nitrogens with one attached hydrogen (secondary N) is 1. The van der Waals surface area contributed by atoms with Crippen LogP contribution in [0.1, 0.15) is 13.3 Å². The lowest BCUT2D eigenvalue weighted by atomic mass is 10.1. The second-order valence-corrected chi connectivity index (χ2v) is 4.02. The van der Waals surface area contributed by atoms with Gasteiger partial charge in [-0.05, 0) is 12.5 Å². The zero-order valence-electron chi connectivity index (χ0n) is 10.5. The van der Waals surface area contributed by atoms with Gasteiger partial charge in [-0.15, -0.1) is 0 Å². The highest BCUT2D eigenvalue weighted by Crippen LogP contribution is 2.27. The smallest absolute Gasteiger partial charge is 0.311 e. The minimum Gasteiger partial charge on any atom is -0.364 e. The van der Waals surface area contributed by atoms with E-state index in [0.29, 0.717) is 17.9 Å². The molecule has 0 unspecified atom stereocenters. The average Bonchev–Trinajstić information content (AvgIpc) is 2.45. The number of hydrogen-bond acceptors (Lipinski definition) is 5. The summed E-state index contributed by atoms with van der Waals surface area (Å²) in [6.45, 7) is 2.64. The fraction of sp³-hybridized carbons (Fsp3) is 0.231. The predicted octanol–water partition coefficient (Wildman–Crippen LogP) is 2.87. The third kappa shape index (κ3) is 3.04. The van der Waals surface area contributed by atoms with E-state index in [1.807, 2.05) is 13.0 Å². The van der Waals surface area contributed by atoms with Gasteiger partial charge in [0.1, 0.15) is 0 Å². The van der Waals surface area contributed by atoms with E-state index in [1.165, 1.54) is 6.07 Å². The summed E-state index contributed by atoms with van der Waals surface area (Å²) in [4.78, 5) is 18.8. The van der Waals surface area contributed by atoms with Gasteiger partial charge in [0.25, 0.3) is 0 Å². The highest BCUT2D eigenvalue weighted by molar-refractivity contribution is 5.69. The maximum absolute atomic E-state index is 11.1. The molecule has 2 rings (SSSR count). The molecule has 0 aliphatic heterocycles. The van der Waals surface area contributed by atoms with Gasteiger partial charge in [0.2, 0.25) is 5.82 Å². The summed E-state index contributed by atoms with van der Waals surface area (Å²) in [5.41, 5.74) is 1.47. The molecular weight excluding hydrogens is 244 g/mol. The van der Waals surface area contributed by atoms with Crippen molar-refractivity contribution in [1.82, 2.24) is 9.97 Å². The maximum Gasteiger partial charge on any atom is 0.311 e. The van der Waals surface area contributed by atoms with Crippen molar-refractivity contribution >= 4 is 11.5 Å². The lowest BCUT2D eigenvalue weighted by molar-refractivity contribution is -0.384. The Morgan fingerprint density at radius 3 is 2.84 bits per heavy atom. The summed E-state index contributed by atoms with van der Waals surface area (Å²) in [6, 6.07) is 5.14. The topological polar surface area (TPSA) is 81.0 Å². The van der Waals surface area contributed by atoms with Crippen LogP contribution in [0.2, 0.25) is 0 Å². The Labute approximate surface area is 110 Å². The molecule has 2 heterocycles. The summed E-state index contributed by atoms with van der Waals surface area (Å²) >= 11 is 0. The summed E-state index contributed by atoms with van der Waals surface area (Å²) < 4.78 is 0. The number of rotatable bonds is 5. The van der Waals surface area contributed by atoms with Crippen LogP contribution in [-0.4, -0.2) is 21.4 Å². The molecule has 2 aromatic rings. The fourth-order valence-electron chi connectivity index (χ4n) is 1.66. The monoisotopic (exact) mass is 258 g/mol. The van der Waals surface area contributed by atoms with Crippen molar-refractivity contribution in [3.63, 3.8) is 0 Å². The molecule has 19 heavy (non-hydrogen) atoms. The van der Waals surface area contributed by atoms with Gasteiger partial charge >= 0.3 is 5.69 Å². The van der Waals surface area contributed by atoms with Crippen molar-refractivity contribution in [2.75, 3.05) is 11.9 Å². The third-order valence-electron chi connectivity index (χ3n) is 2.60. The standard InChI is InChI=1S/C13H14N4O2/c1-2-5-15-13-12(17(18)19)7-11(9-16-13)10-4-3-6-14-8-10/h3-4,6-9H,2,5H2,1H3,(H,15,16). The van der Waals surface area contributed by atoms with Gasteiger partial charge in [-0.25, -0.2) is 4.98 Å². The van der Waals surface area contributed by atoms with E-state index in [-0.39, 0.29) is 5.69 Å². The molecule has 0 aliphatic rings. The number of nitrogens with zero attached hydrogens (tertiary/aromatic N) is 3. The molecule has 0 amide bonds. The van der Waals surface area contributed by atoms with Gasteiger partial charge in [-0.2, -0.15) is 0 Å². The van der Waals surface area contributed by atoms with Crippen LogP contribution in [0.3, 0.4) is 0 Å². The molecule has 1 N–H and O–H groups in total. The van der Waals surface area contributed by atoms with Crippen LogP contribution in [0.5, 0.6) is 0 Å². The lowest BCUT2D eigenvalue weighted by Crippen LogP contribution is -2.05. The van der Waals surface area contributed by atoms with Crippen molar-refractivity contribution < 1.29 is 4.92 Å². The van der Waals surface area contributed by atoms with Crippen LogP contribution in [0.15, 0.2) is 36.8 Å². The molecule has 0 radical (unpaired) electrons. The second-order valence-electron chi connectivity index (χ2n) is 4.02. The van der Waals surface area contributed by atoms with E-state index in [2.05, 4.69) is 15.3 Å². The second kappa shape index (κ2) is 5.90. The first-order chi connectivity index (χ1) is 9.22. The van der Waals surface area contributed by atoms with Gasteiger partial charge in [0.05, 0.1) is 4.92 Å². The normalized spacial score (nSPS) is 10.2. The summed E-state index contributed by atoms with van der Waals surface area (Å²) in [7, 11) is 0. The Morgan fingerprint density at radius 2 is 2.21 bits per heavy atom. The van der Waals surface area contributed by atoms with Gasteiger partial charge in [-0.3, -0.25) is 15.1 Å². The molecular formula is C13H14N4O2. The maximum atomic E-state index is 11.1. The zero-order chi connectivity index (χ0) is 13.7. The van der Waals surface area contributed by atoms with Gasteiger partial charge in [0.15, 0.2) is 0 Å². The van der Waals surface area contributed by atoms with Crippen molar-refractivity contribution in [2.45, 2.75) is 13.3 Å².